The largest absolute Gasteiger partial charge is 0.394 e. The van der Waals surface area contributed by atoms with Crippen LogP contribution in [-0.4, -0.2) is 59.8 Å². The van der Waals surface area contributed by atoms with Crippen molar-refractivity contribution in [2.45, 2.75) is 24.5 Å². The van der Waals surface area contributed by atoms with Gasteiger partial charge in [-0.15, -0.1) is 0 Å². The standard InChI is InChI=1S/C10H11FN4O4S/c11-10-13-7-4(8(20)14-10)12-2-15(7)9-6(18)5(17)3(1-16)19-9/h2-3,5-6,9,16-18H,1H2,(H,13,14,20)/t3-,5-,6+,9?/m0/s1. The van der Waals surface area contributed by atoms with Crippen LogP contribution < -0.4 is 0 Å². The maximum Gasteiger partial charge on any atom is 0.289 e. The number of halogens is 1. The Morgan fingerprint density at radius 3 is 2.85 bits per heavy atom. The summed E-state index contributed by atoms with van der Waals surface area (Å²) in [5.41, 5.74) is 0.427. The molecule has 108 valence electrons. The number of ether oxygens (including phenoxy) is 1. The zero-order valence-corrected chi connectivity index (χ0v) is 10.8. The van der Waals surface area contributed by atoms with Crippen LogP contribution in [0.4, 0.5) is 4.39 Å². The van der Waals surface area contributed by atoms with Gasteiger partial charge in [0.2, 0.25) is 0 Å². The number of fused-ring (bicyclic) bond motifs is 1. The first-order valence-electron chi connectivity index (χ1n) is 5.77. The van der Waals surface area contributed by atoms with Gasteiger partial charge in [0.25, 0.3) is 6.08 Å². The average molecular weight is 302 g/mol. The third kappa shape index (κ3) is 1.93. The lowest BCUT2D eigenvalue weighted by molar-refractivity contribution is -0.0511. The minimum atomic E-state index is -1.29. The molecule has 3 heterocycles. The minimum absolute atomic E-state index is 0.0262. The van der Waals surface area contributed by atoms with Crippen LogP contribution in [0.1, 0.15) is 6.23 Å². The second-order valence-corrected chi connectivity index (χ2v) is 4.80. The van der Waals surface area contributed by atoms with Gasteiger partial charge in [0.1, 0.15) is 29.5 Å². The summed E-state index contributed by atoms with van der Waals surface area (Å²) >= 11 is 4.89. The zero-order valence-electron chi connectivity index (χ0n) is 9.97. The van der Waals surface area contributed by atoms with Gasteiger partial charge in [-0.1, -0.05) is 12.2 Å². The highest BCUT2D eigenvalue weighted by molar-refractivity contribution is 7.71. The second kappa shape index (κ2) is 4.82. The van der Waals surface area contributed by atoms with Crippen LogP contribution in [-0.2, 0) is 4.74 Å². The van der Waals surface area contributed by atoms with Crippen LogP contribution in [0.25, 0.3) is 11.2 Å². The maximum atomic E-state index is 13.3. The van der Waals surface area contributed by atoms with Gasteiger partial charge in [0.05, 0.1) is 12.9 Å². The summed E-state index contributed by atoms with van der Waals surface area (Å²) in [7, 11) is 0. The molecular weight excluding hydrogens is 291 g/mol. The number of aliphatic hydroxyl groups is 3. The maximum absolute atomic E-state index is 13.3. The minimum Gasteiger partial charge on any atom is -0.394 e. The lowest BCUT2D eigenvalue weighted by Gasteiger charge is -2.16. The molecule has 0 amide bonds. The van der Waals surface area contributed by atoms with Crippen molar-refractivity contribution in [2.75, 3.05) is 6.61 Å². The van der Waals surface area contributed by atoms with Gasteiger partial charge in [-0.25, -0.2) is 4.98 Å². The zero-order chi connectivity index (χ0) is 14.4. The van der Waals surface area contributed by atoms with E-state index < -0.39 is 37.2 Å². The summed E-state index contributed by atoms with van der Waals surface area (Å²) in [6, 6.07) is 0. The van der Waals surface area contributed by atoms with Crippen molar-refractivity contribution >= 4 is 23.4 Å². The van der Waals surface area contributed by atoms with E-state index in [1.807, 2.05) is 0 Å². The molecule has 0 saturated carbocycles. The van der Waals surface area contributed by atoms with Crippen LogP contribution in [0.5, 0.6) is 0 Å². The SMILES string of the molecule is OC[C@@H]1OC(n2cnc3c(=S)nc(F)[nH]c32)[C@H](O)[C@H]1O. The molecular formula is C10H11FN4O4S. The monoisotopic (exact) mass is 302 g/mol. The smallest absolute Gasteiger partial charge is 0.289 e. The first kappa shape index (κ1) is 13.5. The van der Waals surface area contributed by atoms with Crippen molar-refractivity contribution < 1.29 is 24.4 Å². The molecule has 10 heteroatoms. The fraction of sp³-hybridized carbons (Fsp3) is 0.500. The Kier molecular flexibility index (Phi) is 3.26. The predicted molar refractivity (Wildman–Crippen MR) is 65.7 cm³/mol. The van der Waals surface area contributed by atoms with E-state index in [0.29, 0.717) is 0 Å². The summed E-state index contributed by atoms with van der Waals surface area (Å²) < 4.78 is 19.9. The van der Waals surface area contributed by atoms with E-state index in [-0.39, 0.29) is 15.8 Å². The van der Waals surface area contributed by atoms with Crippen LogP contribution >= 0.6 is 12.2 Å². The highest BCUT2D eigenvalue weighted by Crippen LogP contribution is 2.31. The molecule has 4 N–H and O–H groups in total. The number of imidazole rings is 1. The van der Waals surface area contributed by atoms with E-state index in [4.69, 9.17) is 22.1 Å². The number of H-pyrrole nitrogens is 1. The van der Waals surface area contributed by atoms with Crippen LogP contribution in [0.15, 0.2) is 6.33 Å². The number of nitrogens with zero attached hydrogens (tertiary/aromatic N) is 3. The quantitative estimate of drug-likeness (QED) is 0.425. The first-order valence-corrected chi connectivity index (χ1v) is 6.18. The van der Waals surface area contributed by atoms with Gasteiger partial charge < -0.3 is 20.1 Å². The Labute approximate surface area is 116 Å². The van der Waals surface area contributed by atoms with Gasteiger partial charge >= 0.3 is 0 Å². The highest BCUT2D eigenvalue weighted by Gasteiger charge is 2.43. The van der Waals surface area contributed by atoms with E-state index in [2.05, 4.69) is 15.0 Å². The molecule has 8 nitrogen and oxygen atoms in total. The lowest BCUT2D eigenvalue weighted by atomic mass is 10.1. The van der Waals surface area contributed by atoms with Gasteiger partial charge in [0.15, 0.2) is 10.9 Å². The van der Waals surface area contributed by atoms with Gasteiger partial charge in [0, 0.05) is 0 Å². The number of rotatable bonds is 2. The first-order chi connectivity index (χ1) is 9.52. The normalized spacial score (nSPS) is 30.2. The van der Waals surface area contributed by atoms with E-state index >= 15 is 0 Å². The Hall–Kier alpha value is -1.46. The Morgan fingerprint density at radius 1 is 1.45 bits per heavy atom. The summed E-state index contributed by atoms with van der Waals surface area (Å²) in [5, 5.41) is 28.7. The second-order valence-electron chi connectivity index (χ2n) is 4.41. The van der Waals surface area contributed by atoms with Crippen molar-refractivity contribution in [3.63, 3.8) is 0 Å². The number of aliphatic hydroxyl groups excluding tert-OH is 3. The number of hydrogen-bond acceptors (Lipinski definition) is 7. The summed E-state index contributed by atoms with van der Waals surface area (Å²) in [4.78, 5) is 9.75. The fourth-order valence-electron chi connectivity index (χ4n) is 2.21. The summed E-state index contributed by atoms with van der Waals surface area (Å²) in [5.74, 6) is 0. The van der Waals surface area contributed by atoms with E-state index in [0.717, 1.165) is 0 Å². The molecule has 0 bridgehead atoms. The molecule has 2 aromatic heterocycles. The number of aromatic nitrogens is 4. The Morgan fingerprint density at radius 2 is 2.20 bits per heavy atom. The highest BCUT2D eigenvalue weighted by atomic mass is 32.1. The molecule has 1 unspecified atom stereocenters. The molecule has 4 atom stereocenters. The third-order valence-corrected chi connectivity index (χ3v) is 3.49. The number of hydrogen-bond donors (Lipinski definition) is 4. The van der Waals surface area contributed by atoms with E-state index in [1.165, 1.54) is 10.9 Å². The van der Waals surface area contributed by atoms with Crippen molar-refractivity contribution in [1.29, 1.82) is 0 Å². The Balaban J connectivity index is 2.09. The third-order valence-electron chi connectivity index (χ3n) is 3.21. The Bertz CT molecular complexity index is 704. The molecule has 2 aromatic rings. The molecule has 1 saturated heterocycles. The molecule has 1 fully saturated rings. The molecule has 3 rings (SSSR count). The number of nitrogens with one attached hydrogen (secondary N) is 1. The van der Waals surface area contributed by atoms with Crippen LogP contribution in [0.2, 0.25) is 0 Å². The van der Waals surface area contributed by atoms with Crippen molar-refractivity contribution in [3.05, 3.63) is 17.0 Å². The van der Waals surface area contributed by atoms with Gasteiger partial charge in [-0.3, -0.25) is 9.55 Å². The molecule has 0 aromatic carbocycles. The molecule has 0 radical (unpaired) electrons. The molecule has 0 spiro atoms. The van der Waals surface area contributed by atoms with Crippen molar-refractivity contribution in [1.82, 2.24) is 19.5 Å². The topological polar surface area (TPSA) is 116 Å². The average Bonchev–Trinajstić information content (AvgIpc) is 2.93. The summed E-state index contributed by atoms with van der Waals surface area (Å²) in [6.45, 7) is -0.451. The molecule has 20 heavy (non-hydrogen) atoms. The predicted octanol–water partition coefficient (Wildman–Crippen LogP) is -0.761. The number of aromatic amines is 1. The van der Waals surface area contributed by atoms with E-state index in [9.17, 15) is 14.6 Å². The summed E-state index contributed by atoms with van der Waals surface area (Å²) in [6.07, 6.45) is -4.09. The van der Waals surface area contributed by atoms with Crippen LogP contribution in [0, 0.1) is 10.7 Å². The van der Waals surface area contributed by atoms with Gasteiger partial charge in [-0.2, -0.15) is 9.37 Å². The fourth-order valence-corrected chi connectivity index (χ4v) is 2.44. The van der Waals surface area contributed by atoms with Gasteiger partial charge in [-0.05, 0) is 0 Å². The lowest BCUT2D eigenvalue weighted by Crippen LogP contribution is -2.33. The molecule has 1 aliphatic rings. The van der Waals surface area contributed by atoms with Crippen molar-refractivity contribution in [2.24, 2.45) is 0 Å². The molecule has 1 aliphatic heterocycles. The van der Waals surface area contributed by atoms with Crippen LogP contribution in [0.3, 0.4) is 0 Å². The molecule has 0 aliphatic carbocycles. The van der Waals surface area contributed by atoms with Crippen molar-refractivity contribution in [3.8, 4) is 0 Å². The van der Waals surface area contributed by atoms with E-state index in [1.54, 1.807) is 0 Å².